The maximum absolute atomic E-state index is 12.6. The second kappa shape index (κ2) is 6.26. The molecule has 3 unspecified atom stereocenters. The van der Waals surface area contributed by atoms with Gasteiger partial charge in [-0.15, -0.1) is 0 Å². The van der Waals surface area contributed by atoms with Crippen molar-refractivity contribution in [1.82, 2.24) is 9.88 Å². The van der Waals surface area contributed by atoms with Gasteiger partial charge in [0.05, 0.1) is 29.3 Å². The summed E-state index contributed by atoms with van der Waals surface area (Å²) in [5, 5.41) is 7.69. The SMILES string of the molecule is Cc1cc(C(C)N2CC3(C(=N)Cl)C=CC3C2=O)ncc1OCC(F)(F)F. The number of carbonyl (C=O) groups is 1. The molecule has 1 amide bonds. The second-order valence-corrected chi connectivity index (χ2v) is 6.99. The Balaban J connectivity index is 1.77. The van der Waals surface area contributed by atoms with Gasteiger partial charge in [0.25, 0.3) is 0 Å². The summed E-state index contributed by atoms with van der Waals surface area (Å²) in [6.07, 6.45) is 0.315. The Morgan fingerprint density at radius 3 is 2.73 bits per heavy atom. The first kappa shape index (κ1) is 18.7. The number of nitrogens with zero attached hydrogens (tertiary/aromatic N) is 2. The van der Waals surface area contributed by atoms with Crippen molar-refractivity contribution in [3.05, 3.63) is 35.7 Å². The molecule has 1 saturated heterocycles. The Hall–Kier alpha value is -2.09. The highest BCUT2D eigenvalue weighted by atomic mass is 35.5. The van der Waals surface area contributed by atoms with Crippen molar-refractivity contribution in [2.75, 3.05) is 13.2 Å². The van der Waals surface area contributed by atoms with Gasteiger partial charge in [-0.05, 0) is 25.5 Å². The molecule has 5 nitrogen and oxygen atoms in total. The van der Waals surface area contributed by atoms with E-state index in [2.05, 4.69) is 4.98 Å². The van der Waals surface area contributed by atoms with Crippen LogP contribution in [0.25, 0.3) is 0 Å². The molecular weight excluding hydrogens is 371 g/mol. The highest BCUT2D eigenvalue weighted by Gasteiger charge is 2.57. The molecule has 0 saturated carbocycles. The van der Waals surface area contributed by atoms with Gasteiger partial charge in [0.1, 0.15) is 10.9 Å². The largest absolute Gasteiger partial charge is 0.482 e. The van der Waals surface area contributed by atoms with Crippen LogP contribution in [0.15, 0.2) is 24.4 Å². The van der Waals surface area contributed by atoms with E-state index in [0.717, 1.165) is 0 Å². The molecule has 1 aliphatic carbocycles. The van der Waals surface area contributed by atoms with Crippen LogP contribution in [0.3, 0.4) is 0 Å². The van der Waals surface area contributed by atoms with E-state index < -0.39 is 30.2 Å². The molecule has 3 atom stereocenters. The minimum atomic E-state index is -4.42. The van der Waals surface area contributed by atoms with Crippen LogP contribution in [0.1, 0.15) is 24.2 Å². The van der Waals surface area contributed by atoms with Crippen molar-refractivity contribution >= 4 is 22.7 Å². The molecule has 9 heteroatoms. The Bertz CT molecular complexity index is 796. The Labute approximate surface area is 153 Å². The summed E-state index contributed by atoms with van der Waals surface area (Å²) in [6.45, 7) is 2.30. The molecular formula is C17H17ClF3N3O2. The number of alkyl halides is 3. The average molecular weight is 388 g/mol. The summed E-state index contributed by atoms with van der Waals surface area (Å²) in [5.41, 5.74) is 0.268. The van der Waals surface area contributed by atoms with E-state index in [1.165, 1.54) is 6.20 Å². The summed E-state index contributed by atoms with van der Waals surface area (Å²) in [7, 11) is 0. The molecule has 1 aromatic heterocycles. The van der Waals surface area contributed by atoms with E-state index >= 15 is 0 Å². The monoisotopic (exact) mass is 387 g/mol. The van der Waals surface area contributed by atoms with E-state index in [0.29, 0.717) is 11.3 Å². The molecule has 140 valence electrons. The van der Waals surface area contributed by atoms with Crippen molar-refractivity contribution < 1.29 is 22.7 Å². The normalized spacial score (nSPS) is 25.7. The van der Waals surface area contributed by atoms with E-state index in [1.807, 2.05) is 0 Å². The number of fused-ring (bicyclic) bond motifs is 1. The summed E-state index contributed by atoms with van der Waals surface area (Å²) in [6, 6.07) is 1.20. The number of hydrogen-bond acceptors (Lipinski definition) is 4. The molecule has 0 aromatic carbocycles. The van der Waals surface area contributed by atoms with Crippen LogP contribution >= 0.6 is 11.6 Å². The van der Waals surface area contributed by atoms with E-state index in [-0.39, 0.29) is 23.4 Å². The predicted molar refractivity (Wildman–Crippen MR) is 89.3 cm³/mol. The molecule has 0 bridgehead atoms. The molecule has 2 aliphatic rings. The summed E-state index contributed by atoms with van der Waals surface area (Å²) >= 11 is 5.90. The first-order valence-corrected chi connectivity index (χ1v) is 8.33. The van der Waals surface area contributed by atoms with Crippen molar-refractivity contribution in [2.24, 2.45) is 11.3 Å². The van der Waals surface area contributed by atoms with Crippen LogP contribution in [0, 0.1) is 23.7 Å². The smallest absolute Gasteiger partial charge is 0.422 e. The average Bonchev–Trinajstić information content (AvgIpc) is 2.71. The topological polar surface area (TPSA) is 66.3 Å². The zero-order chi connectivity index (χ0) is 19.3. The molecule has 1 N–H and O–H groups in total. The lowest BCUT2D eigenvalue weighted by Crippen LogP contribution is -2.39. The van der Waals surface area contributed by atoms with Gasteiger partial charge in [0.15, 0.2) is 6.61 Å². The molecule has 1 aliphatic heterocycles. The van der Waals surface area contributed by atoms with Crippen molar-refractivity contribution in [3.63, 3.8) is 0 Å². The van der Waals surface area contributed by atoms with Crippen LogP contribution in [0.5, 0.6) is 5.75 Å². The summed E-state index contributed by atoms with van der Waals surface area (Å²) < 4.78 is 41.6. The second-order valence-electron chi connectivity index (χ2n) is 6.61. The fourth-order valence-corrected chi connectivity index (χ4v) is 3.53. The lowest BCUT2D eigenvalue weighted by Gasteiger charge is -2.33. The summed E-state index contributed by atoms with van der Waals surface area (Å²) in [5.74, 6) is -0.528. The number of rotatable bonds is 5. The number of hydrogen-bond donors (Lipinski definition) is 1. The zero-order valence-electron chi connectivity index (χ0n) is 14.1. The number of amides is 1. The fraction of sp³-hybridized carbons (Fsp3) is 0.471. The van der Waals surface area contributed by atoms with Gasteiger partial charge < -0.3 is 9.64 Å². The van der Waals surface area contributed by atoms with Crippen LogP contribution < -0.4 is 4.74 Å². The highest BCUT2D eigenvalue weighted by Crippen LogP contribution is 2.50. The van der Waals surface area contributed by atoms with Gasteiger partial charge in [0, 0.05) is 6.54 Å². The minimum absolute atomic E-state index is 0.0479. The number of nitrogens with one attached hydrogen (secondary N) is 1. The molecule has 1 fully saturated rings. The third-order valence-electron chi connectivity index (χ3n) is 4.90. The van der Waals surface area contributed by atoms with Gasteiger partial charge in [-0.2, -0.15) is 13.2 Å². The van der Waals surface area contributed by atoms with Gasteiger partial charge in [0.2, 0.25) is 5.91 Å². The van der Waals surface area contributed by atoms with Crippen molar-refractivity contribution in [3.8, 4) is 5.75 Å². The van der Waals surface area contributed by atoms with Crippen molar-refractivity contribution in [2.45, 2.75) is 26.1 Å². The summed E-state index contributed by atoms with van der Waals surface area (Å²) in [4.78, 5) is 18.4. The number of aryl methyl sites for hydroxylation is 1. The number of aromatic nitrogens is 1. The maximum atomic E-state index is 12.6. The lowest BCUT2D eigenvalue weighted by molar-refractivity contribution is -0.153. The quantitative estimate of drug-likeness (QED) is 0.620. The molecule has 0 spiro atoms. The zero-order valence-corrected chi connectivity index (χ0v) is 14.9. The third kappa shape index (κ3) is 3.06. The Kier molecular flexibility index (Phi) is 4.50. The number of carbonyl (C=O) groups excluding carboxylic acids is 1. The Morgan fingerprint density at radius 1 is 1.58 bits per heavy atom. The van der Waals surface area contributed by atoms with Gasteiger partial charge in [-0.1, -0.05) is 23.8 Å². The molecule has 2 heterocycles. The standard InChI is InChI=1S/C17H17ClF3N3O2/c1-9-5-12(23-6-13(9)26-8-17(19,20)21)10(2)24-7-16(15(18)22)4-3-11(16)14(24)25/h3-6,10-11,22H,7-8H2,1-2H3. The van der Waals surface area contributed by atoms with Crippen molar-refractivity contribution in [1.29, 1.82) is 5.41 Å². The third-order valence-corrected chi connectivity index (χ3v) is 5.25. The molecule has 1 aromatic rings. The highest BCUT2D eigenvalue weighted by molar-refractivity contribution is 6.66. The molecule has 3 rings (SSSR count). The first-order chi connectivity index (χ1) is 12.0. The lowest BCUT2D eigenvalue weighted by atomic mass is 9.70. The van der Waals surface area contributed by atoms with E-state index in [9.17, 15) is 18.0 Å². The van der Waals surface area contributed by atoms with Crippen LogP contribution in [-0.4, -0.2) is 40.3 Å². The minimum Gasteiger partial charge on any atom is -0.482 e. The van der Waals surface area contributed by atoms with Gasteiger partial charge in [-0.3, -0.25) is 15.2 Å². The predicted octanol–water partition coefficient (Wildman–Crippen LogP) is 3.62. The number of pyridine rings is 1. The molecule has 0 radical (unpaired) electrons. The fourth-order valence-electron chi connectivity index (χ4n) is 3.29. The van der Waals surface area contributed by atoms with Crippen LogP contribution in [0.4, 0.5) is 13.2 Å². The van der Waals surface area contributed by atoms with Crippen LogP contribution in [0.2, 0.25) is 0 Å². The number of halogens is 4. The van der Waals surface area contributed by atoms with E-state index in [1.54, 1.807) is 37.0 Å². The number of ether oxygens (including phenoxy) is 1. The van der Waals surface area contributed by atoms with E-state index in [4.69, 9.17) is 21.7 Å². The van der Waals surface area contributed by atoms with Gasteiger partial charge in [-0.25, -0.2) is 0 Å². The van der Waals surface area contributed by atoms with Crippen LogP contribution in [-0.2, 0) is 4.79 Å². The Morgan fingerprint density at radius 2 is 2.27 bits per heavy atom. The maximum Gasteiger partial charge on any atom is 0.422 e. The van der Waals surface area contributed by atoms with Gasteiger partial charge >= 0.3 is 6.18 Å². The number of likely N-dealkylation sites (tertiary alicyclic amines) is 1. The first-order valence-electron chi connectivity index (χ1n) is 7.95. The molecule has 26 heavy (non-hydrogen) atoms.